The van der Waals surface area contributed by atoms with Gasteiger partial charge in [-0.3, -0.25) is 0 Å². The lowest BCUT2D eigenvalue weighted by Crippen LogP contribution is -2.35. The summed E-state index contributed by atoms with van der Waals surface area (Å²) in [6, 6.07) is 8.64. The van der Waals surface area contributed by atoms with E-state index >= 15 is 0 Å². The smallest absolute Gasteiger partial charge is 0.191 e. The number of fused-ring (bicyclic) bond motifs is 1. The topological polar surface area (TPSA) is 54.8 Å². The Morgan fingerprint density at radius 3 is 2.75 bits per heavy atom. The number of para-hydroxylation sites is 1. The summed E-state index contributed by atoms with van der Waals surface area (Å²) < 4.78 is 5.82. The van der Waals surface area contributed by atoms with Crippen LogP contribution < -0.4 is 5.73 Å². The Hall–Kier alpha value is -1.24. The van der Waals surface area contributed by atoms with Gasteiger partial charge in [-0.05, 0) is 25.8 Å². The summed E-state index contributed by atoms with van der Waals surface area (Å²) in [5.41, 5.74) is 8.05. The van der Waals surface area contributed by atoms with E-state index in [1.54, 1.807) is 0 Å². The van der Waals surface area contributed by atoms with Crippen LogP contribution in [0.4, 0.5) is 0 Å². The molecule has 1 aliphatic rings. The predicted molar refractivity (Wildman–Crippen MR) is 92.5 cm³/mol. The third-order valence-electron chi connectivity index (χ3n) is 3.78. The fourth-order valence-electron chi connectivity index (χ4n) is 2.29. The van der Waals surface area contributed by atoms with Crippen LogP contribution in [-0.2, 0) is 6.54 Å². The van der Waals surface area contributed by atoms with E-state index in [1.807, 2.05) is 25.2 Å². The minimum Gasteiger partial charge on any atom is -0.459 e. The molecule has 0 aliphatic heterocycles. The first-order chi connectivity index (χ1) is 9.16. The minimum atomic E-state index is 0. The molecule has 1 saturated carbocycles. The molecule has 0 saturated heterocycles. The molecule has 1 aromatic carbocycles. The summed E-state index contributed by atoms with van der Waals surface area (Å²) in [7, 11) is 2.00. The minimum absolute atomic E-state index is 0. The van der Waals surface area contributed by atoms with E-state index in [0.29, 0.717) is 18.5 Å². The summed E-state index contributed by atoms with van der Waals surface area (Å²) >= 11 is 0. The second-order valence-electron chi connectivity index (χ2n) is 5.16. The van der Waals surface area contributed by atoms with Crippen LogP contribution in [0, 0.1) is 6.92 Å². The molecule has 0 spiro atoms. The molecule has 108 valence electrons. The van der Waals surface area contributed by atoms with Crippen LogP contribution in [0.25, 0.3) is 11.0 Å². The van der Waals surface area contributed by atoms with E-state index in [1.165, 1.54) is 12.8 Å². The summed E-state index contributed by atoms with van der Waals surface area (Å²) in [5, 5.41) is 1.15. The Kier molecular flexibility index (Phi) is 4.57. The highest BCUT2D eigenvalue weighted by Crippen LogP contribution is 2.26. The van der Waals surface area contributed by atoms with Gasteiger partial charge in [0.1, 0.15) is 17.9 Å². The zero-order valence-corrected chi connectivity index (χ0v) is 14.1. The molecule has 5 heteroatoms. The van der Waals surface area contributed by atoms with E-state index in [0.717, 1.165) is 22.3 Å². The molecule has 1 heterocycles. The van der Waals surface area contributed by atoms with Crippen molar-refractivity contribution in [2.45, 2.75) is 32.4 Å². The molecule has 4 nitrogen and oxygen atoms in total. The highest BCUT2D eigenvalue weighted by Gasteiger charge is 2.27. The molecule has 1 aromatic heterocycles. The highest BCUT2D eigenvalue weighted by atomic mass is 127. The maximum absolute atomic E-state index is 5.98. The van der Waals surface area contributed by atoms with Crippen LogP contribution in [0.5, 0.6) is 0 Å². The average molecular weight is 385 g/mol. The zero-order valence-electron chi connectivity index (χ0n) is 11.8. The average Bonchev–Trinajstić information content (AvgIpc) is 3.22. The lowest BCUT2D eigenvalue weighted by molar-refractivity contribution is 0.483. The highest BCUT2D eigenvalue weighted by molar-refractivity contribution is 14.0. The largest absolute Gasteiger partial charge is 0.459 e. The van der Waals surface area contributed by atoms with Gasteiger partial charge < -0.3 is 15.1 Å². The van der Waals surface area contributed by atoms with Gasteiger partial charge in [-0.2, -0.15) is 0 Å². The van der Waals surface area contributed by atoms with Gasteiger partial charge >= 0.3 is 0 Å². The van der Waals surface area contributed by atoms with Crippen molar-refractivity contribution in [3.8, 4) is 0 Å². The molecular formula is C15H20IN3O. The van der Waals surface area contributed by atoms with Crippen molar-refractivity contribution in [1.82, 2.24) is 4.90 Å². The van der Waals surface area contributed by atoms with Crippen molar-refractivity contribution in [1.29, 1.82) is 0 Å². The fourth-order valence-corrected chi connectivity index (χ4v) is 2.29. The third-order valence-corrected chi connectivity index (χ3v) is 3.78. The van der Waals surface area contributed by atoms with E-state index in [-0.39, 0.29) is 24.0 Å². The number of nitrogens with two attached hydrogens (primary N) is 1. The maximum Gasteiger partial charge on any atom is 0.191 e. The Morgan fingerprint density at radius 1 is 1.40 bits per heavy atom. The Balaban J connectivity index is 0.00000147. The van der Waals surface area contributed by atoms with Gasteiger partial charge in [0.25, 0.3) is 0 Å². The molecule has 0 bridgehead atoms. The molecule has 3 rings (SSSR count). The lowest BCUT2D eigenvalue weighted by atomic mass is 10.1. The SMILES string of the molecule is Cc1c(CN=C(N)N(C)C2CC2)oc2ccccc12.I. The molecule has 1 aliphatic carbocycles. The third kappa shape index (κ3) is 2.92. The van der Waals surface area contributed by atoms with Crippen molar-refractivity contribution >= 4 is 40.9 Å². The Bertz CT molecular complexity index is 631. The van der Waals surface area contributed by atoms with Gasteiger partial charge in [0.2, 0.25) is 0 Å². The predicted octanol–water partition coefficient (Wildman–Crippen LogP) is 3.27. The first-order valence-corrected chi connectivity index (χ1v) is 6.66. The van der Waals surface area contributed by atoms with Crippen molar-refractivity contribution in [2.75, 3.05) is 7.05 Å². The molecule has 20 heavy (non-hydrogen) atoms. The van der Waals surface area contributed by atoms with Crippen molar-refractivity contribution in [2.24, 2.45) is 10.7 Å². The van der Waals surface area contributed by atoms with Crippen molar-refractivity contribution in [3.05, 3.63) is 35.6 Å². The molecular weight excluding hydrogens is 365 g/mol. The first-order valence-electron chi connectivity index (χ1n) is 6.66. The maximum atomic E-state index is 5.98. The van der Waals surface area contributed by atoms with Crippen LogP contribution >= 0.6 is 24.0 Å². The number of hydrogen-bond donors (Lipinski definition) is 1. The standard InChI is InChI=1S/C15H19N3O.HI/c1-10-12-5-3-4-6-13(12)19-14(10)9-17-15(16)18(2)11-7-8-11;/h3-6,11H,7-9H2,1-2H3,(H2,16,17);1H. The number of nitrogens with zero attached hydrogens (tertiary/aromatic N) is 2. The molecule has 0 amide bonds. The lowest BCUT2D eigenvalue weighted by Gasteiger charge is -2.16. The molecule has 2 aromatic rings. The Labute approximate surface area is 136 Å². The van der Waals surface area contributed by atoms with E-state index in [4.69, 9.17) is 10.2 Å². The van der Waals surface area contributed by atoms with Crippen LogP contribution in [0.3, 0.4) is 0 Å². The number of hydrogen-bond acceptors (Lipinski definition) is 2. The van der Waals surface area contributed by atoms with E-state index in [9.17, 15) is 0 Å². The van der Waals surface area contributed by atoms with Crippen molar-refractivity contribution < 1.29 is 4.42 Å². The zero-order chi connectivity index (χ0) is 13.4. The van der Waals surface area contributed by atoms with Crippen LogP contribution in [-0.4, -0.2) is 23.9 Å². The number of halogens is 1. The summed E-state index contributed by atoms with van der Waals surface area (Å²) in [5.74, 6) is 1.50. The van der Waals surface area contributed by atoms with E-state index < -0.39 is 0 Å². The summed E-state index contributed by atoms with van der Waals surface area (Å²) in [6.07, 6.45) is 2.44. The molecule has 0 radical (unpaired) electrons. The molecule has 2 N–H and O–H groups in total. The van der Waals surface area contributed by atoms with Crippen LogP contribution in [0.1, 0.15) is 24.2 Å². The van der Waals surface area contributed by atoms with Gasteiger partial charge in [0, 0.05) is 24.0 Å². The van der Waals surface area contributed by atoms with Gasteiger partial charge in [-0.25, -0.2) is 4.99 Å². The molecule has 0 atom stereocenters. The van der Waals surface area contributed by atoms with Crippen LogP contribution in [0.15, 0.2) is 33.7 Å². The monoisotopic (exact) mass is 385 g/mol. The summed E-state index contributed by atoms with van der Waals surface area (Å²) in [6.45, 7) is 2.57. The second kappa shape index (κ2) is 6.03. The summed E-state index contributed by atoms with van der Waals surface area (Å²) in [4.78, 5) is 6.49. The normalized spacial score (nSPS) is 15.2. The number of aliphatic imine (C=N–C) groups is 1. The number of rotatable bonds is 3. The number of benzene rings is 1. The van der Waals surface area contributed by atoms with Gasteiger partial charge in [-0.15, -0.1) is 24.0 Å². The number of guanidine groups is 1. The second-order valence-corrected chi connectivity index (χ2v) is 5.16. The fraction of sp³-hybridized carbons (Fsp3) is 0.400. The van der Waals surface area contributed by atoms with E-state index in [2.05, 4.69) is 22.9 Å². The van der Waals surface area contributed by atoms with Crippen molar-refractivity contribution in [3.63, 3.8) is 0 Å². The number of aryl methyl sites for hydroxylation is 1. The van der Waals surface area contributed by atoms with Gasteiger partial charge in [0.15, 0.2) is 5.96 Å². The van der Waals surface area contributed by atoms with Crippen LogP contribution in [0.2, 0.25) is 0 Å². The quantitative estimate of drug-likeness (QED) is 0.501. The van der Waals surface area contributed by atoms with Gasteiger partial charge in [0.05, 0.1) is 0 Å². The molecule has 0 unspecified atom stereocenters. The number of furan rings is 1. The van der Waals surface area contributed by atoms with Gasteiger partial charge in [-0.1, -0.05) is 18.2 Å². The first kappa shape index (κ1) is 15.2. The molecule has 1 fully saturated rings. The Morgan fingerprint density at radius 2 is 2.10 bits per heavy atom.